The number of nitrogens with one attached hydrogen (secondary N) is 1. The van der Waals surface area contributed by atoms with Crippen molar-refractivity contribution in [3.8, 4) is 17.0 Å². The van der Waals surface area contributed by atoms with Crippen molar-refractivity contribution in [2.24, 2.45) is 0 Å². The van der Waals surface area contributed by atoms with Crippen LogP contribution in [0, 0.1) is 0 Å². The highest BCUT2D eigenvalue weighted by atomic mass is 32.1. The maximum absolute atomic E-state index is 5.51. The molecular weight excluding hydrogens is 280 g/mol. The number of methoxy groups -OCH3 is 1. The van der Waals surface area contributed by atoms with Gasteiger partial charge in [-0.05, 0) is 30.2 Å². The summed E-state index contributed by atoms with van der Waals surface area (Å²) in [5.41, 5.74) is 3.50. The maximum Gasteiger partial charge on any atom is 0.128 e. The lowest BCUT2D eigenvalue weighted by molar-refractivity contribution is 0.415. The highest BCUT2D eigenvalue weighted by Crippen LogP contribution is 2.35. The van der Waals surface area contributed by atoms with Crippen molar-refractivity contribution in [3.05, 3.63) is 34.2 Å². The third-order valence-corrected chi connectivity index (χ3v) is 4.39. The SMILES string of the molecule is CNCCc1nc(-c2cc(C(C)(C)C)ccc2OC)cs1. The Labute approximate surface area is 131 Å². The quantitative estimate of drug-likeness (QED) is 0.910. The first-order valence-electron chi connectivity index (χ1n) is 7.23. The standard InChI is InChI=1S/C17H24N2OS/c1-17(2,3)12-6-7-15(20-5)13(10-12)14-11-21-16(19-14)8-9-18-4/h6-7,10-11,18H,8-9H2,1-5H3. The Morgan fingerprint density at radius 1 is 1.29 bits per heavy atom. The van der Waals surface area contributed by atoms with E-state index < -0.39 is 0 Å². The van der Waals surface area contributed by atoms with E-state index in [4.69, 9.17) is 9.72 Å². The van der Waals surface area contributed by atoms with Gasteiger partial charge in [0, 0.05) is 23.9 Å². The number of hydrogen-bond donors (Lipinski definition) is 1. The molecule has 0 saturated heterocycles. The fourth-order valence-corrected chi connectivity index (χ4v) is 2.95. The maximum atomic E-state index is 5.51. The minimum absolute atomic E-state index is 0.117. The van der Waals surface area contributed by atoms with Crippen molar-refractivity contribution in [3.63, 3.8) is 0 Å². The van der Waals surface area contributed by atoms with E-state index in [0.717, 1.165) is 35.0 Å². The largest absolute Gasteiger partial charge is 0.496 e. The molecule has 0 aliphatic rings. The molecule has 1 aromatic carbocycles. The minimum Gasteiger partial charge on any atom is -0.496 e. The van der Waals surface area contributed by atoms with E-state index in [0.29, 0.717) is 0 Å². The Morgan fingerprint density at radius 3 is 2.67 bits per heavy atom. The van der Waals surface area contributed by atoms with Crippen LogP contribution >= 0.6 is 11.3 Å². The van der Waals surface area contributed by atoms with Crippen LogP contribution in [0.4, 0.5) is 0 Å². The average Bonchev–Trinajstić information content (AvgIpc) is 2.92. The van der Waals surface area contributed by atoms with Crippen molar-refractivity contribution in [1.29, 1.82) is 0 Å². The molecule has 0 bridgehead atoms. The third-order valence-electron chi connectivity index (χ3n) is 3.48. The lowest BCUT2D eigenvalue weighted by atomic mass is 9.86. The summed E-state index contributed by atoms with van der Waals surface area (Å²) in [5, 5.41) is 6.43. The van der Waals surface area contributed by atoms with Gasteiger partial charge < -0.3 is 10.1 Å². The highest BCUT2D eigenvalue weighted by molar-refractivity contribution is 7.09. The summed E-state index contributed by atoms with van der Waals surface area (Å²) in [5.74, 6) is 0.883. The lowest BCUT2D eigenvalue weighted by Crippen LogP contribution is -2.11. The molecule has 0 radical (unpaired) electrons. The zero-order valence-corrected chi connectivity index (χ0v) is 14.3. The van der Waals surface area contributed by atoms with Gasteiger partial charge in [-0.1, -0.05) is 26.8 Å². The summed E-state index contributed by atoms with van der Waals surface area (Å²) in [6, 6.07) is 6.38. The lowest BCUT2D eigenvalue weighted by Gasteiger charge is -2.20. The summed E-state index contributed by atoms with van der Waals surface area (Å²) < 4.78 is 5.51. The van der Waals surface area contributed by atoms with Gasteiger partial charge in [-0.3, -0.25) is 0 Å². The van der Waals surface area contributed by atoms with Gasteiger partial charge in [-0.25, -0.2) is 4.98 Å². The van der Waals surface area contributed by atoms with Gasteiger partial charge in [0.15, 0.2) is 0 Å². The molecule has 0 aliphatic carbocycles. The Kier molecular flexibility index (Phi) is 5.01. The van der Waals surface area contributed by atoms with E-state index in [-0.39, 0.29) is 5.41 Å². The van der Waals surface area contributed by atoms with Crippen LogP contribution in [0.3, 0.4) is 0 Å². The van der Waals surface area contributed by atoms with E-state index in [1.54, 1.807) is 18.4 Å². The molecule has 0 fully saturated rings. The molecule has 2 aromatic rings. The minimum atomic E-state index is 0.117. The zero-order chi connectivity index (χ0) is 15.5. The number of rotatable bonds is 5. The molecule has 0 amide bonds. The molecule has 3 nitrogen and oxygen atoms in total. The zero-order valence-electron chi connectivity index (χ0n) is 13.5. The normalized spacial score (nSPS) is 11.7. The van der Waals surface area contributed by atoms with Gasteiger partial charge in [0.05, 0.1) is 17.8 Å². The first-order chi connectivity index (χ1) is 9.95. The highest BCUT2D eigenvalue weighted by Gasteiger charge is 2.17. The first kappa shape index (κ1) is 16.0. The molecule has 1 heterocycles. The monoisotopic (exact) mass is 304 g/mol. The van der Waals surface area contributed by atoms with E-state index in [9.17, 15) is 0 Å². The van der Waals surface area contributed by atoms with Crippen molar-refractivity contribution >= 4 is 11.3 Å². The first-order valence-corrected chi connectivity index (χ1v) is 8.11. The molecule has 21 heavy (non-hydrogen) atoms. The summed E-state index contributed by atoms with van der Waals surface area (Å²) >= 11 is 1.71. The van der Waals surface area contributed by atoms with E-state index in [1.807, 2.05) is 13.1 Å². The molecule has 0 aliphatic heterocycles. The second kappa shape index (κ2) is 6.58. The molecule has 2 rings (SSSR count). The van der Waals surface area contributed by atoms with Gasteiger partial charge in [-0.2, -0.15) is 0 Å². The summed E-state index contributed by atoms with van der Waals surface area (Å²) in [7, 11) is 3.67. The second-order valence-corrected chi connectivity index (χ2v) is 7.09. The molecule has 0 spiro atoms. The Balaban J connectivity index is 2.39. The Bertz CT molecular complexity index is 599. The van der Waals surface area contributed by atoms with Crippen LogP contribution in [-0.2, 0) is 11.8 Å². The van der Waals surface area contributed by atoms with Gasteiger partial charge in [0.25, 0.3) is 0 Å². The smallest absolute Gasteiger partial charge is 0.128 e. The van der Waals surface area contributed by atoms with E-state index in [1.165, 1.54) is 5.56 Å². The molecule has 1 aromatic heterocycles. The van der Waals surface area contributed by atoms with Crippen LogP contribution in [0.25, 0.3) is 11.3 Å². The summed E-state index contributed by atoms with van der Waals surface area (Å²) in [4.78, 5) is 4.75. The molecule has 0 atom stereocenters. The van der Waals surface area contributed by atoms with Crippen LogP contribution in [0.15, 0.2) is 23.6 Å². The molecule has 4 heteroatoms. The molecule has 0 saturated carbocycles. The van der Waals surface area contributed by atoms with Crippen molar-refractivity contribution in [2.45, 2.75) is 32.6 Å². The van der Waals surface area contributed by atoms with Crippen molar-refractivity contribution in [2.75, 3.05) is 20.7 Å². The van der Waals surface area contributed by atoms with Crippen LogP contribution in [0.2, 0.25) is 0 Å². The number of thiazole rings is 1. The molecule has 114 valence electrons. The number of likely N-dealkylation sites (N-methyl/N-ethyl adjacent to an activating group) is 1. The second-order valence-electron chi connectivity index (χ2n) is 6.15. The van der Waals surface area contributed by atoms with Crippen molar-refractivity contribution in [1.82, 2.24) is 10.3 Å². The third kappa shape index (κ3) is 3.83. The van der Waals surface area contributed by atoms with Crippen LogP contribution in [0.5, 0.6) is 5.75 Å². The number of ether oxygens (including phenoxy) is 1. The Hall–Kier alpha value is -1.39. The topological polar surface area (TPSA) is 34.2 Å². The fourth-order valence-electron chi connectivity index (χ4n) is 2.16. The van der Waals surface area contributed by atoms with Gasteiger partial charge in [0.1, 0.15) is 5.75 Å². The predicted octanol–water partition coefficient (Wildman–Crippen LogP) is 3.88. The van der Waals surface area contributed by atoms with E-state index >= 15 is 0 Å². The number of hydrogen-bond acceptors (Lipinski definition) is 4. The number of nitrogens with zero attached hydrogens (tertiary/aromatic N) is 1. The van der Waals surface area contributed by atoms with Gasteiger partial charge >= 0.3 is 0 Å². The van der Waals surface area contributed by atoms with E-state index in [2.05, 4.69) is 43.6 Å². The summed E-state index contributed by atoms with van der Waals surface area (Å²) in [6.45, 7) is 7.61. The molecular formula is C17H24N2OS. The fraction of sp³-hybridized carbons (Fsp3) is 0.471. The summed E-state index contributed by atoms with van der Waals surface area (Å²) in [6.07, 6.45) is 0.961. The van der Waals surface area contributed by atoms with Gasteiger partial charge in [0.2, 0.25) is 0 Å². The number of aromatic nitrogens is 1. The van der Waals surface area contributed by atoms with Crippen LogP contribution in [0.1, 0.15) is 31.3 Å². The van der Waals surface area contributed by atoms with Crippen LogP contribution in [-0.4, -0.2) is 25.7 Å². The number of benzene rings is 1. The average molecular weight is 304 g/mol. The predicted molar refractivity (Wildman–Crippen MR) is 90.4 cm³/mol. The van der Waals surface area contributed by atoms with Crippen molar-refractivity contribution < 1.29 is 4.74 Å². The van der Waals surface area contributed by atoms with Crippen LogP contribution < -0.4 is 10.1 Å². The molecule has 1 N–H and O–H groups in total. The molecule has 0 unspecified atom stereocenters. The Morgan fingerprint density at radius 2 is 2.05 bits per heavy atom. The van der Waals surface area contributed by atoms with Gasteiger partial charge in [-0.15, -0.1) is 11.3 Å².